The van der Waals surface area contributed by atoms with Crippen LogP contribution in [0, 0.1) is 5.92 Å². The van der Waals surface area contributed by atoms with E-state index >= 15 is 0 Å². The quantitative estimate of drug-likeness (QED) is 0.837. The van der Waals surface area contributed by atoms with Crippen molar-refractivity contribution in [1.82, 2.24) is 5.32 Å². The van der Waals surface area contributed by atoms with Gasteiger partial charge in [-0.15, -0.1) is 0 Å². The molecule has 1 aromatic rings. The van der Waals surface area contributed by atoms with E-state index in [0.717, 1.165) is 12.5 Å². The summed E-state index contributed by atoms with van der Waals surface area (Å²) in [5.41, 5.74) is 4.40. The van der Waals surface area contributed by atoms with Gasteiger partial charge in [-0.3, -0.25) is 0 Å². The third-order valence-electron chi connectivity index (χ3n) is 5.51. The molecule has 1 N–H and O–H groups in total. The first-order chi connectivity index (χ1) is 10.2. The highest BCUT2D eigenvalue weighted by Gasteiger charge is 2.19. The van der Waals surface area contributed by atoms with Crippen molar-refractivity contribution < 1.29 is 0 Å². The van der Waals surface area contributed by atoms with Gasteiger partial charge < -0.3 is 10.2 Å². The summed E-state index contributed by atoms with van der Waals surface area (Å²) in [4.78, 5) is 2.36. The van der Waals surface area contributed by atoms with Crippen LogP contribution in [0.2, 0.25) is 0 Å². The third-order valence-corrected chi connectivity index (χ3v) is 5.51. The Morgan fingerprint density at radius 3 is 2.71 bits per heavy atom. The number of fused-ring (bicyclic) bond motifs is 1. The summed E-state index contributed by atoms with van der Waals surface area (Å²) in [6, 6.07) is 7.66. The van der Waals surface area contributed by atoms with Gasteiger partial charge in [-0.2, -0.15) is 0 Å². The van der Waals surface area contributed by atoms with E-state index in [1.165, 1.54) is 68.3 Å². The lowest BCUT2D eigenvalue weighted by atomic mass is 9.93. The van der Waals surface area contributed by atoms with Gasteiger partial charge >= 0.3 is 0 Å². The molecule has 0 spiro atoms. The first kappa shape index (κ1) is 14.9. The predicted molar refractivity (Wildman–Crippen MR) is 90.9 cm³/mol. The van der Waals surface area contributed by atoms with E-state index in [4.69, 9.17) is 0 Å². The molecule has 0 bridgehead atoms. The lowest BCUT2D eigenvalue weighted by Gasteiger charge is -2.24. The summed E-state index contributed by atoms with van der Waals surface area (Å²) in [5.74, 6) is 0.882. The number of nitrogens with one attached hydrogen (secondary N) is 1. The van der Waals surface area contributed by atoms with Crippen molar-refractivity contribution in [2.75, 3.05) is 18.5 Å². The fourth-order valence-corrected chi connectivity index (χ4v) is 3.99. The van der Waals surface area contributed by atoms with Crippen molar-refractivity contribution in [3.63, 3.8) is 0 Å². The number of hydrogen-bond donors (Lipinski definition) is 1. The minimum atomic E-state index is 0.652. The molecule has 0 unspecified atom stereocenters. The SMILES string of the molecule is C[C@@H](NCc1ccc2c(c1)CCN2C)C1CCCCCC1. The van der Waals surface area contributed by atoms with Crippen molar-refractivity contribution >= 4 is 5.69 Å². The maximum atomic E-state index is 3.79. The number of anilines is 1. The van der Waals surface area contributed by atoms with Crippen LogP contribution in [0.3, 0.4) is 0 Å². The summed E-state index contributed by atoms with van der Waals surface area (Å²) in [5, 5.41) is 3.79. The van der Waals surface area contributed by atoms with E-state index in [0.29, 0.717) is 6.04 Å². The zero-order valence-corrected chi connectivity index (χ0v) is 13.7. The standard InChI is InChI=1S/C19H30N2/c1-15(17-7-5-3-4-6-8-17)20-14-16-9-10-19-18(13-16)11-12-21(19)2/h9-10,13,15,17,20H,3-8,11-12,14H2,1-2H3/t15-/m1/s1. The maximum absolute atomic E-state index is 3.79. The van der Waals surface area contributed by atoms with Crippen LogP contribution in [0.15, 0.2) is 18.2 Å². The van der Waals surface area contributed by atoms with Gasteiger partial charge in [0.25, 0.3) is 0 Å². The predicted octanol–water partition coefficient (Wildman–Crippen LogP) is 4.13. The molecule has 1 saturated carbocycles. The Morgan fingerprint density at radius 1 is 1.19 bits per heavy atom. The van der Waals surface area contributed by atoms with Crippen LogP contribution < -0.4 is 10.2 Å². The highest BCUT2D eigenvalue weighted by molar-refractivity contribution is 5.58. The van der Waals surface area contributed by atoms with Gasteiger partial charge in [0.05, 0.1) is 0 Å². The Kier molecular flexibility index (Phi) is 4.84. The number of hydrogen-bond acceptors (Lipinski definition) is 2. The van der Waals surface area contributed by atoms with Gasteiger partial charge in [-0.1, -0.05) is 37.8 Å². The van der Waals surface area contributed by atoms with Gasteiger partial charge in [0.2, 0.25) is 0 Å². The lowest BCUT2D eigenvalue weighted by molar-refractivity contribution is 0.336. The van der Waals surface area contributed by atoms with Crippen molar-refractivity contribution in [2.45, 2.75) is 64.5 Å². The Morgan fingerprint density at radius 2 is 1.95 bits per heavy atom. The molecule has 0 amide bonds. The second kappa shape index (κ2) is 6.83. The first-order valence-corrected chi connectivity index (χ1v) is 8.80. The van der Waals surface area contributed by atoms with Crippen LogP contribution >= 0.6 is 0 Å². The number of benzene rings is 1. The Hall–Kier alpha value is -1.02. The van der Waals surface area contributed by atoms with Crippen molar-refractivity contribution in [3.05, 3.63) is 29.3 Å². The zero-order valence-electron chi connectivity index (χ0n) is 13.7. The van der Waals surface area contributed by atoms with E-state index in [1.807, 2.05) is 0 Å². The highest BCUT2D eigenvalue weighted by atomic mass is 15.1. The molecule has 1 aliphatic heterocycles. The smallest absolute Gasteiger partial charge is 0.0397 e. The van der Waals surface area contributed by atoms with Crippen molar-refractivity contribution in [2.24, 2.45) is 5.92 Å². The summed E-state index contributed by atoms with van der Waals surface area (Å²) < 4.78 is 0. The molecule has 2 heteroatoms. The van der Waals surface area contributed by atoms with Crippen LogP contribution in [0.5, 0.6) is 0 Å². The number of likely N-dealkylation sites (N-methyl/N-ethyl adjacent to an activating group) is 1. The summed E-state index contributed by atoms with van der Waals surface area (Å²) in [6.45, 7) is 4.58. The maximum Gasteiger partial charge on any atom is 0.0397 e. The summed E-state index contributed by atoms with van der Waals surface area (Å²) in [6.07, 6.45) is 9.80. The van der Waals surface area contributed by atoms with Gasteiger partial charge in [0, 0.05) is 31.9 Å². The number of nitrogens with zero attached hydrogens (tertiary/aromatic N) is 1. The molecule has 0 aromatic heterocycles. The molecule has 1 fully saturated rings. The van der Waals surface area contributed by atoms with Crippen LogP contribution in [0.25, 0.3) is 0 Å². The Labute approximate surface area is 129 Å². The molecule has 116 valence electrons. The molecular formula is C19H30N2. The van der Waals surface area contributed by atoms with Gasteiger partial charge in [0.1, 0.15) is 0 Å². The van der Waals surface area contributed by atoms with Crippen LogP contribution in [0.1, 0.15) is 56.6 Å². The molecule has 1 aromatic carbocycles. The normalized spacial score (nSPS) is 21.1. The largest absolute Gasteiger partial charge is 0.374 e. The Balaban J connectivity index is 1.55. The van der Waals surface area contributed by atoms with Gasteiger partial charge in [0.15, 0.2) is 0 Å². The third kappa shape index (κ3) is 3.60. The fourth-order valence-electron chi connectivity index (χ4n) is 3.99. The second-order valence-electron chi connectivity index (χ2n) is 7.06. The van der Waals surface area contributed by atoms with Crippen LogP contribution in [0.4, 0.5) is 5.69 Å². The molecule has 2 aliphatic rings. The zero-order chi connectivity index (χ0) is 14.7. The van der Waals surface area contributed by atoms with E-state index in [1.54, 1.807) is 0 Å². The molecule has 0 saturated heterocycles. The van der Waals surface area contributed by atoms with E-state index in [-0.39, 0.29) is 0 Å². The average Bonchev–Trinajstić information content (AvgIpc) is 2.71. The van der Waals surface area contributed by atoms with Crippen molar-refractivity contribution in [1.29, 1.82) is 0 Å². The molecule has 0 radical (unpaired) electrons. The molecule has 21 heavy (non-hydrogen) atoms. The Bertz CT molecular complexity index is 461. The van der Waals surface area contributed by atoms with Gasteiger partial charge in [-0.25, -0.2) is 0 Å². The molecule has 3 rings (SSSR count). The molecule has 1 heterocycles. The monoisotopic (exact) mass is 286 g/mol. The van der Waals surface area contributed by atoms with Crippen LogP contribution in [-0.4, -0.2) is 19.6 Å². The van der Waals surface area contributed by atoms with Gasteiger partial charge in [-0.05, 0) is 49.3 Å². The average molecular weight is 286 g/mol. The van der Waals surface area contributed by atoms with E-state index in [9.17, 15) is 0 Å². The first-order valence-electron chi connectivity index (χ1n) is 8.80. The lowest BCUT2D eigenvalue weighted by Crippen LogP contribution is -2.32. The summed E-state index contributed by atoms with van der Waals surface area (Å²) >= 11 is 0. The van der Waals surface area contributed by atoms with Crippen molar-refractivity contribution in [3.8, 4) is 0 Å². The topological polar surface area (TPSA) is 15.3 Å². The van der Waals surface area contributed by atoms with Crippen LogP contribution in [-0.2, 0) is 13.0 Å². The van der Waals surface area contributed by atoms with E-state index in [2.05, 4.69) is 42.4 Å². The molecule has 2 nitrogen and oxygen atoms in total. The molecular weight excluding hydrogens is 256 g/mol. The molecule has 1 atom stereocenters. The minimum Gasteiger partial charge on any atom is -0.374 e. The fraction of sp³-hybridized carbons (Fsp3) is 0.684. The minimum absolute atomic E-state index is 0.652. The highest BCUT2D eigenvalue weighted by Crippen LogP contribution is 2.28. The van der Waals surface area contributed by atoms with E-state index < -0.39 is 0 Å². The molecule has 1 aliphatic carbocycles. The number of rotatable bonds is 4. The summed E-state index contributed by atoms with van der Waals surface area (Å²) in [7, 11) is 2.19. The second-order valence-corrected chi connectivity index (χ2v) is 7.06.